The monoisotopic (exact) mass is 374 g/mol. The van der Waals surface area contributed by atoms with Crippen LogP contribution < -0.4 is 10.3 Å². The van der Waals surface area contributed by atoms with Gasteiger partial charge in [-0.05, 0) is 37.8 Å². The summed E-state index contributed by atoms with van der Waals surface area (Å²) in [5, 5.41) is 13.1. The third-order valence-electron chi connectivity index (χ3n) is 4.45. The quantitative estimate of drug-likeness (QED) is 0.561. The van der Waals surface area contributed by atoms with Gasteiger partial charge in [0, 0.05) is 41.2 Å². The number of nitrogens with zero attached hydrogens (tertiary/aromatic N) is 3. The molecule has 0 radical (unpaired) electrons. The normalized spacial score (nSPS) is 18.3. The number of hydrogen-bond acceptors (Lipinski definition) is 5. The minimum absolute atomic E-state index is 0.0455. The summed E-state index contributed by atoms with van der Waals surface area (Å²) in [4.78, 5) is 12.7. The van der Waals surface area contributed by atoms with Crippen molar-refractivity contribution in [2.24, 2.45) is 10.8 Å². The van der Waals surface area contributed by atoms with Gasteiger partial charge in [0.05, 0.1) is 4.92 Å². The van der Waals surface area contributed by atoms with E-state index in [0.29, 0.717) is 0 Å². The molecule has 6 nitrogen and oxygen atoms in total. The molecule has 2 rings (SSSR count). The van der Waals surface area contributed by atoms with Crippen molar-refractivity contribution < 1.29 is 4.92 Å². The number of hydrazine groups is 1. The van der Waals surface area contributed by atoms with Gasteiger partial charge in [-0.3, -0.25) is 15.1 Å². The molecule has 0 amide bonds. The Hall–Kier alpha value is -2.08. The van der Waals surface area contributed by atoms with Gasteiger partial charge in [-0.2, -0.15) is 0 Å². The lowest BCUT2D eigenvalue weighted by molar-refractivity contribution is -0.384. The Morgan fingerprint density at radius 3 is 2.00 bits per heavy atom. The van der Waals surface area contributed by atoms with Crippen molar-refractivity contribution in [2.75, 3.05) is 4.90 Å². The van der Waals surface area contributed by atoms with E-state index in [1.54, 1.807) is 12.1 Å². The van der Waals surface area contributed by atoms with Crippen LogP contribution in [0, 0.1) is 20.9 Å². The Bertz CT molecular complexity index is 696. The number of nitro groups is 1. The standard InChI is InChI=1S/C21H34N4O2/c1-19(2,3)15-21(7,8)22-24-14-13-23(18(24)20(4,5)6)16-9-11-17(12-10-16)25(26)27/h9-14,18,22H,15H2,1-8H3. The minimum Gasteiger partial charge on any atom is -0.324 e. The zero-order valence-electron chi connectivity index (χ0n) is 17.9. The highest BCUT2D eigenvalue weighted by molar-refractivity contribution is 5.55. The summed E-state index contributed by atoms with van der Waals surface area (Å²) in [7, 11) is 0. The fourth-order valence-electron chi connectivity index (χ4n) is 4.06. The third-order valence-corrected chi connectivity index (χ3v) is 4.45. The Balaban J connectivity index is 2.27. The van der Waals surface area contributed by atoms with E-state index in [-0.39, 0.29) is 33.1 Å². The highest BCUT2D eigenvalue weighted by atomic mass is 16.6. The Morgan fingerprint density at radius 1 is 1.00 bits per heavy atom. The first-order valence-corrected chi connectivity index (χ1v) is 9.47. The van der Waals surface area contributed by atoms with Gasteiger partial charge >= 0.3 is 0 Å². The lowest BCUT2D eigenvalue weighted by atomic mass is 9.82. The van der Waals surface area contributed by atoms with E-state index in [4.69, 9.17) is 0 Å². The van der Waals surface area contributed by atoms with Crippen LogP contribution in [0.5, 0.6) is 0 Å². The first kappa shape index (κ1) is 21.2. The minimum atomic E-state index is -0.367. The Labute approximate surface area is 163 Å². The van der Waals surface area contributed by atoms with Crippen LogP contribution in [0.3, 0.4) is 0 Å². The maximum Gasteiger partial charge on any atom is 0.269 e. The van der Waals surface area contributed by atoms with E-state index in [1.807, 2.05) is 18.3 Å². The first-order chi connectivity index (χ1) is 12.2. The van der Waals surface area contributed by atoms with Gasteiger partial charge in [-0.1, -0.05) is 41.5 Å². The molecule has 0 aliphatic carbocycles. The number of hydrogen-bond donors (Lipinski definition) is 1. The fraction of sp³-hybridized carbons (Fsp3) is 0.619. The SMILES string of the molecule is CC(C)(C)CC(C)(C)NN1C=CN(c2ccc([N+](=O)[O-])cc2)C1C(C)(C)C. The third kappa shape index (κ3) is 5.45. The van der Waals surface area contributed by atoms with E-state index in [9.17, 15) is 10.1 Å². The Kier molecular flexibility index (Phi) is 5.62. The molecule has 6 heteroatoms. The molecular weight excluding hydrogens is 340 g/mol. The van der Waals surface area contributed by atoms with Gasteiger partial charge in [0.25, 0.3) is 5.69 Å². The van der Waals surface area contributed by atoms with Gasteiger partial charge in [-0.25, -0.2) is 5.43 Å². The average molecular weight is 375 g/mol. The molecule has 1 aromatic rings. The summed E-state index contributed by atoms with van der Waals surface area (Å²) in [6, 6.07) is 6.74. The number of rotatable bonds is 5. The molecule has 0 aromatic heterocycles. The molecule has 0 bridgehead atoms. The van der Waals surface area contributed by atoms with E-state index in [0.717, 1.165) is 12.1 Å². The van der Waals surface area contributed by atoms with Crippen LogP contribution in [-0.4, -0.2) is 21.6 Å². The summed E-state index contributed by atoms with van der Waals surface area (Å²) in [5.41, 5.74) is 4.84. The molecule has 0 spiro atoms. The fourth-order valence-corrected chi connectivity index (χ4v) is 4.06. The lowest BCUT2D eigenvalue weighted by Crippen LogP contribution is -2.58. The number of non-ortho nitro benzene ring substituents is 1. The van der Waals surface area contributed by atoms with Crippen LogP contribution in [0.15, 0.2) is 36.7 Å². The van der Waals surface area contributed by atoms with E-state index >= 15 is 0 Å². The average Bonchev–Trinajstić information content (AvgIpc) is 2.87. The molecule has 1 aliphatic rings. The molecule has 1 heterocycles. The van der Waals surface area contributed by atoms with Gasteiger partial charge in [0.1, 0.15) is 6.17 Å². The zero-order valence-corrected chi connectivity index (χ0v) is 17.9. The van der Waals surface area contributed by atoms with Gasteiger partial charge in [0.2, 0.25) is 0 Å². The van der Waals surface area contributed by atoms with Crippen molar-refractivity contribution in [1.29, 1.82) is 0 Å². The van der Waals surface area contributed by atoms with Gasteiger partial charge in [0.15, 0.2) is 0 Å². The van der Waals surface area contributed by atoms with Gasteiger partial charge in [-0.15, -0.1) is 0 Å². The largest absolute Gasteiger partial charge is 0.324 e. The maximum absolute atomic E-state index is 10.9. The van der Waals surface area contributed by atoms with Crippen molar-refractivity contribution >= 4 is 11.4 Å². The number of nitro benzene ring substituents is 1. The van der Waals surface area contributed by atoms with Crippen molar-refractivity contribution in [3.05, 3.63) is 46.8 Å². The molecule has 0 saturated heterocycles. The maximum atomic E-state index is 10.9. The smallest absolute Gasteiger partial charge is 0.269 e. The van der Waals surface area contributed by atoms with E-state index in [1.165, 1.54) is 0 Å². The number of nitrogens with one attached hydrogen (secondary N) is 1. The summed E-state index contributed by atoms with van der Waals surface area (Å²) in [6.07, 6.45) is 5.18. The molecule has 1 unspecified atom stereocenters. The molecular formula is C21H34N4O2. The second-order valence-corrected chi connectivity index (χ2v) is 10.4. The van der Waals surface area contributed by atoms with Crippen LogP contribution in [0.2, 0.25) is 0 Å². The summed E-state index contributed by atoms with van der Waals surface area (Å²) >= 11 is 0. The predicted octanol–water partition coefficient (Wildman–Crippen LogP) is 5.28. The molecule has 27 heavy (non-hydrogen) atoms. The molecule has 1 N–H and O–H groups in total. The van der Waals surface area contributed by atoms with Crippen molar-refractivity contribution in [1.82, 2.24) is 10.4 Å². The van der Waals surface area contributed by atoms with Crippen LogP contribution in [0.25, 0.3) is 0 Å². The molecule has 1 aliphatic heterocycles. The summed E-state index contributed by atoms with van der Waals surface area (Å²) < 4.78 is 0. The number of benzene rings is 1. The lowest BCUT2D eigenvalue weighted by Gasteiger charge is -2.45. The predicted molar refractivity (Wildman–Crippen MR) is 111 cm³/mol. The molecule has 1 atom stereocenters. The first-order valence-electron chi connectivity index (χ1n) is 9.47. The van der Waals surface area contributed by atoms with Gasteiger partial charge < -0.3 is 4.90 Å². The highest BCUT2D eigenvalue weighted by Gasteiger charge is 2.40. The molecule has 0 saturated carbocycles. The Morgan fingerprint density at radius 2 is 1.56 bits per heavy atom. The van der Waals surface area contributed by atoms with Crippen LogP contribution >= 0.6 is 0 Å². The van der Waals surface area contributed by atoms with E-state index < -0.39 is 0 Å². The highest BCUT2D eigenvalue weighted by Crippen LogP contribution is 2.36. The second-order valence-electron chi connectivity index (χ2n) is 10.4. The summed E-state index contributed by atoms with van der Waals surface area (Å²) in [5.74, 6) is 0. The van der Waals surface area contributed by atoms with Crippen molar-refractivity contribution in [3.8, 4) is 0 Å². The second kappa shape index (κ2) is 7.15. The molecule has 1 aromatic carbocycles. The van der Waals surface area contributed by atoms with E-state index in [2.05, 4.69) is 76.9 Å². The summed E-state index contributed by atoms with van der Waals surface area (Å²) in [6.45, 7) is 17.8. The zero-order chi connectivity index (χ0) is 20.6. The van der Waals surface area contributed by atoms with Crippen molar-refractivity contribution in [2.45, 2.75) is 73.5 Å². The topological polar surface area (TPSA) is 61.6 Å². The van der Waals surface area contributed by atoms with Crippen LogP contribution in [0.1, 0.15) is 61.8 Å². The molecule has 0 fully saturated rings. The van der Waals surface area contributed by atoms with Crippen LogP contribution in [-0.2, 0) is 0 Å². The molecule has 150 valence electrons. The van der Waals surface area contributed by atoms with Crippen LogP contribution in [0.4, 0.5) is 11.4 Å². The van der Waals surface area contributed by atoms with Crippen molar-refractivity contribution in [3.63, 3.8) is 0 Å². The number of anilines is 1.